The maximum Gasteiger partial charge on any atom is 0.288 e. The van der Waals surface area contributed by atoms with Gasteiger partial charge in [-0.3, -0.25) is 0 Å². The Morgan fingerprint density at radius 1 is 1.00 bits per heavy atom. The van der Waals surface area contributed by atoms with E-state index in [1.807, 2.05) is 12.1 Å². The van der Waals surface area contributed by atoms with Gasteiger partial charge in [-0.15, -0.1) is 0 Å². The van der Waals surface area contributed by atoms with Crippen molar-refractivity contribution >= 4 is 11.8 Å². The van der Waals surface area contributed by atoms with Crippen LogP contribution in [0.5, 0.6) is 0 Å². The maximum atomic E-state index is 12.6. The highest BCUT2D eigenvalue weighted by Gasteiger charge is 2.27. The van der Waals surface area contributed by atoms with Crippen LogP contribution < -0.4 is 21.5 Å². The second kappa shape index (κ2) is 9.90. The average Bonchev–Trinajstić information content (AvgIpc) is 2.90. The van der Waals surface area contributed by atoms with Crippen molar-refractivity contribution in [2.75, 3.05) is 0 Å². The summed E-state index contributed by atoms with van der Waals surface area (Å²) in [5, 5.41) is 0. The van der Waals surface area contributed by atoms with E-state index in [-0.39, 0.29) is 17.0 Å². The normalized spacial score (nSPS) is 13.7. The number of nitrogens with zero attached hydrogens (tertiary/aromatic N) is 2. The Labute approximate surface area is 185 Å². The van der Waals surface area contributed by atoms with Crippen molar-refractivity contribution in [3.63, 3.8) is 0 Å². The molecule has 0 saturated carbocycles. The molecule has 0 spiro atoms. The summed E-state index contributed by atoms with van der Waals surface area (Å²) in [6.45, 7) is 3.19. The van der Waals surface area contributed by atoms with Gasteiger partial charge in [0.15, 0.2) is 5.69 Å². The highest BCUT2D eigenvalue weighted by atomic mass is 79.9. The fourth-order valence-corrected chi connectivity index (χ4v) is 4.42. The third-order valence-electron chi connectivity index (χ3n) is 5.39. The number of hydrogen-bond donors (Lipinski definition) is 0. The number of alkyl halides is 2. The van der Waals surface area contributed by atoms with Gasteiger partial charge in [-0.25, -0.2) is 4.57 Å². The van der Waals surface area contributed by atoms with Crippen LogP contribution in [0.1, 0.15) is 37.6 Å². The standard InChI is InChI=1S/C23H25F2N2S.BrH/c1-2-17-7-11-19(12-8-17)27-21(16-26-15-5-3-4-6-22(26)27)18-9-13-20(14-10-18)28-23(24)25;/h7-14,16,23H,2-6,15H2,1H3;1H/q+1;/p-1. The van der Waals surface area contributed by atoms with Crippen LogP contribution in [0.3, 0.4) is 0 Å². The van der Waals surface area contributed by atoms with Crippen LogP contribution in [0.2, 0.25) is 0 Å². The summed E-state index contributed by atoms with van der Waals surface area (Å²) in [5.41, 5.74) is 4.66. The number of rotatable bonds is 5. The lowest BCUT2D eigenvalue weighted by atomic mass is 10.1. The van der Waals surface area contributed by atoms with Gasteiger partial charge >= 0.3 is 0 Å². The van der Waals surface area contributed by atoms with Crippen molar-refractivity contribution in [1.29, 1.82) is 0 Å². The molecule has 0 bridgehead atoms. The number of aryl methyl sites for hydroxylation is 2. The topological polar surface area (TPSA) is 8.81 Å². The molecule has 0 N–H and O–H groups in total. The Balaban J connectivity index is 0.00000240. The van der Waals surface area contributed by atoms with Crippen LogP contribution in [-0.2, 0) is 19.4 Å². The average molecular weight is 479 g/mol. The summed E-state index contributed by atoms with van der Waals surface area (Å²) in [7, 11) is 0. The molecule has 6 heteroatoms. The summed E-state index contributed by atoms with van der Waals surface area (Å²) >= 11 is 0.592. The Morgan fingerprint density at radius 3 is 2.38 bits per heavy atom. The van der Waals surface area contributed by atoms with Gasteiger partial charge in [-0.1, -0.05) is 30.8 Å². The first kappa shape index (κ1) is 22.0. The third kappa shape index (κ3) is 4.92. The van der Waals surface area contributed by atoms with E-state index in [1.165, 1.54) is 30.7 Å². The Kier molecular flexibility index (Phi) is 7.52. The van der Waals surface area contributed by atoms with Crippen LogP contribution in [0.25, 0.3) is 16.9 Å². The predicted molar refractivity (Wildman–Crippen MR) is 110 cm³/mol. The van der Waals surface area contributed by atoms with Gasteiger partial charge in [0.2, 0.25) is 0 Å². The van der Waals surface area contributed by atoms with Crippen LogP contribution in [-0.4, -0.2) is 10.3 Å². The van der Waals surface area contributed by atoms with Gasteiger partial charge in [0.25, 0.3) is 11.6 Å². The molecule has 29 heavy (non-hydrogen) atoms. The summed E-state index contributed by atoms with van der Waals surface area (Å²) in [5.74, 6) is -1.07. The summed E-state index contributed by atoms with van der Waals surface area (Å²) in [4.78, 5) is 0.596. The number of halogens is 3. The second-order valence-corrected chi connectivity index (χ2v) is 8.26. The van der Waals surface area contributed by atoms with Gasteiger partial charge in [-0.05, 0) is 67.6 Å². The Morgan fingerprint density at radius 2 is 1.72 bits per heavy atom. The quantitative estimate of drug-likeness (QED) is 0.404. The second-order valence-electron chi connectivity index (χ2n) is 7.19. The smallest absolute Gasteiger partial charge is 0.288 e. The molecule has 0 unspecified atom stereocenters. The minimum absolute atomic E-state index is 0. The van der Waals surface area contributed by atoms with E-state index in [1.54, 1.807) is 12.1 Å². The van der Waals surface area contributed by atoms with Crippen molar-refractivity contribution < 1.29 is 30.3 Å². The SMILES string of the molecule is CCc1ccc(-n2c(-c3ccc(SC(F)F)cc3)c[n+]3c2CCCCC3)cc1.[Br-]. The van der Waals surface area contributed by atoms with Crippen LogP contribution in [0.15, 0.2) is 59.6 Å². The largest absolute Gasteiger partial charge is 1.00 e. The molecule has 0 radical (unpaired) electrons. The molecule has 1 aliphatic heterocycles. The minimum Gasteiger partial charge on any atom is -1.00 e. The molecule has 0 saturated heterocycles. The van der Waals surface area contributed by atoms with Crippen LogP contribution >= 0.6 is 11.8 Å². The number of hydrogen-bond acceptors (Lipinski definition) is 1. The molecule has 0 amide bonds. The van der Waals surface area contributed by atoms with Gasteiger partial charge in [-0.2, -0.15) is 13.3 Å². The van der Waals surface area contributed by atoms with E-state index in [4.69, 9.17) is 0 Å². The first-order chi connectivity index (χ1) is 13.7. The monoisotopic (exact) mass is 478 g/mol. The molecular weight excluding hydrogens is 454 g/mol. The fraction of sp³-hybridized carbons (Fsp3) is 0.348. The molecule has 2 aromatic carbocycles. The lowest BCUT2D eigenvalue weighted by Gasteiger charge is -2.07. The molecule has 2 nitrogen and oxygen atoms in total. The summed E-state index contributed by atoms with van der Waals surface area (Å²) < 4.78 is 30.0. The summed E-state index contributed by atoms with van der Waals surface area (Å²) in [6.07, 6.45) is 7.94. The minimum atomic E-state index is -2.39. The van der Waals surface area contributed by atoms with Crippen molar-refractivity contribution in [3.8, 4) is 16.9 Å². The third-order valence-corrected chi connectivity index (χ3v) is 6.11. The lowest BCUT2D eigenvalue weighted by Crippen LogP contribution is -3.00. The number of thioether (sulfide) groups is 1. The molecule has 1 aromatic heterocycles. The molecule has 3 aromatic rings. The molecule has 2 heterocycles. The van der Waals surface area contributed by atoms with Crippen LogP contribution in [0, 0.1) is 0 Å². The molecule has 1 aliphatic rings. The summed E-state index contributed by atoms with van der Waals surface area (Å²) in [6, 6.07) is 16.3. The highest BCUT2D eigenvalue weighted by molar-refractivity contribution is 7.99. The highest BCUT2D eigenvalue weighted by Crippen LogP contribution is 2.30. The maximum absolute atomic E-state index is 12.6. The predicted octanol–water partition coefficient (Wildman–Crippen LogP) is 3.04. The molecule has 154 valence electrons. The molecule has 0 aliphatic carbocycles. The van der Waals surface area contributed by atoms with E-state index < -0.39 is 5.76 Å². The Hall–Kier alpha value is -1.66. The molecular formula is C23H25BrF2N2S. The first-order valence-electron chi connectivity index (χ1n) is 9.94. The Bertz CT molecular complexity index is 937. The number of benzene rings is 2. The van der Waals surface area contributed by atoms with Crippen LogP contribution in [0.4, 0.5) is 8.78 Å². The molecule has 0 atom stereocenters. The van der Waals surface area contributed by atoms with E-state index >= 15 is 0 Å². The zero-order valence-electron chi connectivity index (χ0n) is 16.5. The first-order valence-corrected chi connectivity index (χ1v) is 10.8. The fourth-order valence-electron chi connectivity index (χ4n) is 3.92. The number of fused-ring (bicyclic) bond motifs is 1. The molecule has 0 fully saturated rings. The van der Waals surface area contributed by atoms with E-state index in [2.05, 4.69) is 46.5 Å². The van der Waals surface area contributed by atoms with Crippen molar-refractivity contribution in [3.05, 3.63) is 66.1 Å². The lowest BCUT2D eigenvalue weighted by molar-refractivity contribution is -0.702. The van der Waals surface area contributed by atoms with Gasteiger partial charge in [0.05, 0.1) is 6.54 Å². The van der Waals surface area contributed by atoms with E-state index in [0.717, 1.165) is 36.3 Å². The number of imidazole rings is 1. The van der Waals surface area contributed by atoms with Crippen molar-refractivity contribution in [2.45, 2.75) is 56.2 Å². The van der Waals surface area contributed by atoms with Crippen molar-refractivity contribution in [1.82, 2.24) is 4.57 Å². The van der Waals surface area contributed by atoms with Gasteiger partial charge < -0.3 is 17.0 Å². The number of aromatic nitrogens is 2. The van der Waals surface area contributed by atoms with E-state index in [9.17, 15) is 8.78 Å². The zero-order valence-corrected chi connectivity index (χ0v) is 18.9. The van der Waals surface area contributed by atoms with Gasteiger partial charge in [0, 0.05) is 16.9 Å². The zero-order chi connectivity index (χ0) is 19.5. The van der Waals surface area contributed by atoms with E-state index in [0.29, 0.717) is 16.7 Å². The van der Waals surface area contributed by atoms with Crippen molar-refractivity contribution in [2.24, 2.45) is 0 Å². The molecule has 4 rings (SSSR count). The van der Waals surface area contributed by atoms with Gasteiger partial charge in [0.1, 0.15) is 11.9 Å².